The zero-order chi connectivity index (χ0) is 18.4. The van der Waals surface area contributed by atoms with E-state index >= 15 is 0 Å². The fourth-order valence-electron chi connectivity index (χ4n) is 2.49. The van der Waals surface area contributed by atoms with E-state index in [2.05, 4.69) is 22.5 Å². The molecule has 1 N–H and O–H groups in total. The first-order valence-electron chi connectivity index (χ1n) is 8.46. The fourth-order valence-corrected chi connectivity index (χ4v) is 2.49. The van der Waals surface area contributed by atoms with Crippen LogP contribution in [0.5, 0.6) is 5.88 Å². The first kappa shape index (κ1) is 18.8. The predicted molar refractivity (Wildman–Crippen MR) is 97.7 cm³/mol. The Balaban J connectivity index is 1.83. The van der Waals surface area contributed by atoms with Crippen molar-refractivity contribution in [2.45, 2.75) is 39.7 Å². The SMILES string of the molecule is Cc1c(OCCCNC(=O)OC(C)(C)C)nn(C)c1-c1ccccc1. The Morgan fingerprint density at radius 2 is 1.92 bits per heavy atom. The van der Waals surface area contributed by atoms with E-state index in [9.17, 15) is 4.79 Å². The Morgan fingerprint density at radius 1 is 1.24 bits per heavy atom. The first-order valence-corrected chi connectivity index (χ1v) is 8.46. The monoisotopic (exact) mass is 345 g/mol. The van der Waals surface area contributed by atoms with Gasteiger partial charge in [-0.3, -0.25) is 4.68 Å². The van der Waals surface area contributed by atoms with Crippen LogP contribution in [-0.2, 0) is 11.8 Å². The summed E-state index contributed by atoms with van der Waals surface area (Å²) in [6.07, 6.45) is 0.267. The highest BCUT2D eigenvalue weighted by Gasteiger charge is 2.16. The van der Waals surface area contributed by atoms with Gasteiger partial charge >= 0.3 is 6.09 Å². The Hall–Kier alpha value is -2.50. The molecule has 0 bridgehead atoms. The molecule has 0 radical (unpaired) electrons. The minimum Gasteiger partial charge on any atom is -0.476 e. The van der Waals surface area contributed by atoms with Crippen LogP contribution in [-0.4, -0.2) is 34.6 Å². The third-order valence-electron chi connectivity index (χ3n) is 3.52. The van der Waals surface area contributed by atoms with Gasteiger partial charge < -0.3 is 14.8 Å². The normalized spacial score (nSPS) is 11.2. The molecule has 0 saturated carbocycles. The maximum Gasteiger partial charge on any atom is 0.407 e. The number of aromatic nitrogens is 2. The predicted octanol–water partition coefficient (Wildman–Crippen LogP) is 3.69. The average Bonchev–Trinajstić information content (AvgIpc) is 2.80. The van der Waals surface area contributed by atoms with Crippen LogP contribution in [0.15, 0.2) is 30.3 Å². The molecule has 6 nitrogen and oxygen atoms in total. The van der Waals surface area contributed by atoms with Crippen LogP contribution < -0.4 is 10.1 Å². The van der Waals surface area contributed by atoms with Crippen molar-refractivity contribution in [2.75, 3.05) is 13.2 Å². The van der Waals surface area contributed by atoms with Crippen molar-refractivity contribution in [1.82, 2.24) is 15.1 Å². The number of aryl methyl sites for hydroxylation is 1. The minimum absolute atomic E-state index is 0.409. The van der Waals surface area contributed by atoms with Gasteiger partial charge in [-0.1, -0.05) is 30.3 Å². The average molecular weight is 345 g/mol. The summed E-state index contributed by atoms with van der Waals surface area (Å²) < 4.78 is 12.8. The molecule has 2 rings (SSSR count). The molecular formula is C19H27N3O3. The van der Waals surface area contributed by atoms with Crippen LogP contribution in [0.3, 0.4) is 0 Å². The fraction of sp³-hybridized carbons (Fsp3) is 0.474. The molecule has 1 heterocycles. The quantitative estimate of drug-likeness (QED) is 0.811. The van der Waals surface area contributed by atoms with Crippen molar-refractivity contribution >= 4 is 6.09 Å². The number of benzene rings is 1. The first-order chi connectivity index (χ1) is 11.8. The molecule has 136 valence electrons. The molecule has 1 amide bonds. The molecule has 0 aliphatic rings. The molecular weight excluding hydrogens is 318 g/mol. The van der Waals surface area contributed by atoms with E-state index in [1.165, 1.54) is 0 Å². The smallest absolute Gasteiger partial charge is 0.407 e. The summed E-state index contributed by atoms with van der Waals surface area (Å²) >= 11 is 0. The third kappa shape index (κ3) is 5.52. The van der Waals surface area contributed by atoms with E-state index in [0.717, 1.165) is 16.8 Å². The number of hydrogen-bond acceptors (Lipinski definition) is 4. The zero-order valence-electron chi connectivity index (χ0n) is 15.6. The molecule has 0 fully saturated rings. The molecule has 0 aliphatic carbocycles. The summed E-state index contributed by atoms with van der Waals surface area (Å²) in [5, 5.41) is 7.17. The van der Waals surface area contributed by atoms with Gasteiger partial charge in [0.05, 0.1) is 12.3 Å². The second kappa shape index (κ2) is 8.05. The topological polar surface area (TPSA) is 65.4 Å². The van der Waals surface area contributed by atoms with Crippen LogP contribution in [0, 0.1) is 6.92 Å². The maximum atomic E-state index is 11.6. The van der Waals surface area contributed by atoms with E-state index in [-0.39, 0.29) is 0 Å². The molecule has 1 aromatic carbocycles. The lowest BCUT2D eigenvalue weighted by Crippen LogP contribution is -2.33. The number of ether oxygens (including phenoxy) is 2. The van der Waals surface area contributed by atoms with E-state index in [1.54, 1.807) is 0 Å². The lowest BCUT2D eigenvalue weighted by atomic mass is 10.1. The lowest BCUT2D eigenvalue weighted by Gasteiger charge is -2.19. The van der Waals surface area contributed by atoms with Crippen molar-refractivity contribution in [1.29, 1.82) is 0 Å². The number of hydrogen-bond donors (Lipinski definition) is 1. The summed E-state index contributed by atoms with van der Waals surface area (Å²) in [6, 6.07) is 10.1. The second-order valence-electron chi connectivity index (χ2n) is 6.90. The Morgan fingerprint density at radius 3 is 2.56 bits per heavy atom. The molecule has 0 saturated heterocycles. The number of nitrogens with zero attached hydrogens (tertiary/aromatic N) is 2. The van der Waals surface area contributed by atoms with Gasteiger partial charge in [0.1, 0.15) is 5.60 Å². The summed E-state index contributed by atoms with van der Waals surface area (Å²) in [7, 11) is 1.91. The van der Waals surface area contributed by atoms with Gasteiger partial charge in [0, 0.05) is 24.7 Å². The Bertz CT molecular complexity index is 703. The van der Waals surface area contributed by atoms with Gasteiger partial charge in [0.15, 0.2) is 0 Å². The van der Waals surface area contributed by atoms with E-state index < -0.39 is 11.7 Å². The zero-order valence-corrected chi connectivity index (χ0v) is 15.6. The van der Waals surface area contributed by atoms with Gasteiger partial charge in [0.25, 0.3) is 0 Å². The van der Waals surface area contributed by atoms with E-state index in [1.807, 2.05) is 57.6 Å². The van der Waals surface area contributed by atoms with Crippen molar-refractivity contribution in [3.05, 3.63) is 35.9 Å². The van der Waals surface area contributed by atoms with Crippen molar-refractivity contribution in [3.63, 3.8) is 0 Å². The molecule has 0 unspecified atom stereocenters. The number of alkyl carbamates (subject to hydrolysis) is 1. The van der Waals surface area contributed by atoms with Gasteiger partial charge in [-0.25, -0.2) is 4.79 Å². The summed E-state index contributed by atoms with van der Waals surface area (Å²) in [5.41, 5.74) is 2.67. The molecule has 25 heavy (non-hydrogen) atoms. The van der Waals surface area contributed by atoms with Crippen molar-refractivity contribution in [3.8, 4) is 17.1 Å². The number of carbonyl (C=O) groups is 1. The number of nitrogens with one attached hydrogen (secondary N) is 1. The van der Waals surface area contributed by atoms with Gasteiger partial charge in [-0.05, 0) is 34.1 Å². The summed E-state index contributed by atoms with van der Waals surface area (Å²) in [6.45, 7) is 8.48. The van der Waals surface area contributed by atoms with Crippen LogP contribution in [0.2, 0.25) is 0 Å². The molecule has 2 aromatic rings. The second-order valence-corrected chi connectivity index (χ2v) is 6.90. The minimum atomic E-state index is -0.487. The molecule has 0 aliphatic heterocycles. The number of carbonyl (C=O) groups excluding carboxylic acids is 1. The highest BCUT2D eigenvalue weighted by Crippen LogP contribution is 2.29. The van der Waals surface area contributed by atoms with Crippen LogP contribution >= 0.6 is 0 Å². The van der Waals surface area contributed by atoms with Crippen molar-refractivity contribution < 1.29 is 14.3 Å². The molecule has 0 spiro atoms. The third-order valence-corrected chi connectivity index (χ3v) is 3.52. The van der Waals surface area contributed by atoms with Gasteiger partial charge in [-0.2, -0.15) is 0 Å². The molecule has 1 aromatic heterocycles. The van der Waals surface area contributed by atoms with Gasteiger partial charge in [-0.15, -0.1) is 5.10 Å². The van der Waals surface area contributed by atoms with Crippen LogP contribution in [0.4, 0.5) is 4.79 Å². The maximum absolute atomic E-state index is 11.6. The van der Waals surface area contributed by atoms with Crippen LogP contribution in [0.1, 0.15) is 32.8 Å². The van der Waals surface area contributed by atoms with E-state index in [0.29, 0.717) is 25.5 Å². The van der Waals surface area contributed by atoms with Gasteiger partial charge in [0.2, 0.25) is 5.88 Å². The lowest BCUT2D eigenvalue weighted by molar-refractivity contribution is 0.0525. The molecule has 0 atom stereocenters. The standard InChI is InChI=1S/C19H27N3O3/c1-14-16(15-10-7-6-8-11-15)22(5)21-17(14)24-13-9-12-20-18(23)25-19(2,3)4/h6-8,10-11H,9,12-13H2,1-5H3,(H,20,23). The molecule has 6 heteroatoms. The number of rotatable bonds is 6. The highest BCUT2D eigenvalue weighted by atomic mass is 16.6. The summed E-state index contributed by atoms with van der Waals surface area (Å²) in [4.78, 5) is 11.6. The largest absolute Gasteiger partial charge is 0.476 e. The number of amides is 1. The van der Waals surface area contributed by atoms with E-state index in [4.69, 9.17) is 9.47 Å². The Labute approximate surface area is 149 Å². The van der Waals surface area contributed by atoms with Crippen molar-refractivity contribution in [2.24, 2.45) is 7.05 Å². The Kier molecular flexibility index (Phi) is 6.07. The van der Waals surface area contributed by atoms with Crippen LogP contribution in [0.25, 0.3) is 11.3 Å². The summed E-state index contributed by atoms with van der Waals surface area (Å²) in [5.74, 6) is 0.624. The highest BCUT2D eigenvalue weighted by molar-refractivity contribution is 5.67.